The van der Waals surface area contributed by atoms with Gasteiger partial charge < -0.3 is 14.6 Å². The SMILES string of the molecule is COc1ccccc1C(NC(=O)c1ccc(S(C)=O)cc1)c1nccn1C. The van der Waals surface area contributed by atoms with E-state index in [2.05, 4.69) is 10.3 Å². The molecule has 7 heteroatoms. The standard InChI is InChI=1S/C20H21N3O3S/c1-23-13-12-21-19(23)18(16-6-4-5-7-17(16)26-2)22-20(24)14-8-10-15(11-9-14)27(3)25/h4-13,18H,1-3H3,(H,22,24). The summed E-state index contributed by atoms with van der Waals surface area (Å²) in [5, 5.41) is 3.04. The van der Waals surface area contributed by atoms with Gasteiger partial charge >= 0.3 is 0 Å². The minimum Gasteiger partial charge on any atom is -0.496 e. The van der Waals surface area contributed by atoms with Crippen LogP contribution in [-0.4, -0.2) is 33.0 Å². The Morgan fingerprint density at radius 3 is 2.48 bits per heavy atom. The molecule has 2 aromatic carbocycles. The number of ether oxygens (including phenoxy) is 1. The smallest absolute Gasteiger partial charge is 0.252 e. The number of nitrogens with one attached hydrogen (secondary N) is 1. The highest BCUT2D eigenvalue weighted by Gasteiger charge is 2.24. The lowest BCUT2D eigenvalue weighted by molar-refractivity contribution is 0.0940. The number of aromatic nitrogens is 2. The predicted molar refractivity (Wildman–Crippen MR) is 104 cm³/mol. The van der Waals surface area contributed by atoms with Crippen molar-refractivity contribution in [3.63, 3.8) is 0 Å². The lowest BCUT2D eigenvalue weighted by Gasteiger charge is -2.21. The molecule has 0 saturated heterocycles. The zero-order chi connectivity index (χ0) is 19.4. The van der Waals surface area contributed by atoms with Crippen molar-refractivity contribution in [1.29, 1.82) is 0 Å². The van der Waals surface area contributed by atoms with Crippen molar-refractivity contribution in [2.75, 3.05) is 13.4 Å². The number of carbonyl (C=O) groups is 1. The zero-order valence-electron chi connectivity index (χ0n) is 15.4. The summed E-state index contributed by atoms with van der Waals surface area (Å²) >= 11 is 0. The van der Waals surface area contributed by atoms with Gasteiger partial charge in [0.15, 0.2) is 0 Å². The van der Waals surface area contributed by atoms with Gasteiger partial charge in [0, 0.05) is 52.5 Å². The van der Waals surface area contributed by atoms with Crippen molar-refractivity contribution < 1.29 is 13.7 Å². The van der Waals surface area contributed by atoms with Crippen LogP contribution in [0.2, 0.25) is 0 Å². The van der Waals surface area contributed by atoms with Crippen LogP contribution < -0.4 is 10.1 Å². The van der Waals surface area contributed by atoms with Gasteiger partial charge in [-0.05, 0) is 30.3 Å². The molecule has 140 valence electrons. The summed E-state index contributed by atoms with van der Waals surface area (Å²) in [6.07, 6.45) is 5.12. The van der Waals surface area contributed by atoms with Crippen LogP contribution in [0.25, 0.3) is 0 Å². The summed E-state index contributed by atoms with van der Waals surface area (Å²) < 4.78 is 18.9. The number of hydrogen-bond donors (Lipinski definition) is 1. The van der Waals surface area contributed by atoms with Gasteiger partial charge in [-0.25, -0.2) is 4.98 Å². The van der Waals surface area contributed by atoms with Crippen LogP contribution in [0.5, 0.6) is 5.75 Å². The number of aryl methyl sites for hydroxylation is 1. The minimum absolute atomic E-state index is 0.248. The third-order valence-corrected chi connectivity index (χ3v) is 5.23. The highest BCUT2D eigenvalue weighted by molar-refractivity contribution is 7.84. The van der Waals surface area contributed by atoms with Crippen molar-refractivity contribution in [2.45, 2.75) is 10.9 Å². The van der Waals surface area contributed by atoms with E-state index in [9.17, 15) is 9.00 Å². The lowest BCUT2D eigenvalue weighted by atomic mass is 10.0. The monoisotopic (exact) mass is 383 g/mol. The first-order chi connectivity index (χ1) is 13.0. The van der Waals surface area contributed by atoms with Crippen LogP contribution >= 0.6 is 0 Å². The fourth-order valence-corrected chi connectivity index (χ4v) is 3.37. The van der Waals surface area contributed by atoms with E-state index in [1.54, 1.807) is 43.8 Å². The van der Waals surface area contributed by atoms with Gasteiger partial charge in [0.1, 0.15) is 17.6 Å². The largest absolute Gasteiger partial charge is 0.496 e. The first-order valence-electron chi connectivity index (χ1n) is 8.35. The van der Waals surface area contributed by atoms with E-state index < -0.39 is 16.8 Å². The summed E-state index contributed by atoms with van der Waals surface area (Å²) in [6.45, 7) is 0. The highest BCUT2D eigenvalue weighted by Crippen LogP contribution is 2.29. The Bertz CT molecular complexity index is 967. The van der Waals surface area contributed by atoms with E-state index in [0.29, 0.717) is 22.0 Å². The van der Waals surface area contributed by atoms with Gasteiger partial charge in [0.2, 0.25) is 0 Å². The zero-order valence-corrected chi connectivity index (χ0v) is 16.2. The number of hydrogen-bond acceptors (Lipinski definition) is 4. The molecule has 27 heavy (non-hydrogen) atoms. The number of carbonyl (C=O) groups excluding carboxylic acids is 1. The molecule has 6 nitrogen and oxygen atoms in total. The summed E-state index contributed by atoms with van der Waals surface area (Å²) in [5.41, 5.74) is 1.30. The molecule has 1 aromatic heterocycles. The number of amides is 1. The molecule has 0 fully saturated rings. The Kier molecular flexibility index (Phi) is 5.71. The second-order valence-corrected chi connectivity index (χ2v) is 7.40. The van der Waals surface area contributed by atoms with Crippen molar-refractivity contribution in [3.05, 3.63) is 77.9 Å². The molecule has 0 aliphatic carbocycles. The fraction of sp³-hybridized carbons (Fsp3) is 0.200. The molecule has 1 amide bonds. The average molecular weight is 383 g/mol. The predicted octanol–water partition coefficient (Wildman–Crippen LogP) is 2.69. The van der Waals surface area contributed by atoms with E-state index in [4.69, 9.17) is 4.74 Å². The first-order valence-corrected chi connectivity index (χ1v) is 9.91. The third-order valence-electron chi connectivity index (χ3n) is 4.29. The van der Waals surface area contributed by atoms with Crippen molar-refractivity contribution in [2.24, 2.45) is 7.05 Å². The van der Waals surface area contributed by atoms with Crippen molar-refractivity contribution in [3.8, 4) is 5.75 Å². The molecule has 0 aliphatic rings. The van der Waals surface area contributed by atoms with Crippen LogP contribution in [0.3, 0.4) is 0 Å². The Hall–Kier alpha value is -2.93. The van der Waals surface area contributed by atoms with Gasteiger partial charge in [0.05, 0.1) is 7.11 Å². The lowest BCUT2D eigenvalue weighted by Crippen LogP contribution is -2.31. The van der Waals surface area contributed by atoms with Gasteiger partial charge in [-0.15, -0.1) is 0 Å². The number of imidazole rings is 1. The molecule has 3 rings (SSSR count). The fourth-order valence-electron chi connectivity index (χ4n) is 2.85. The van der Waals surface area contributed by atoms with E-state index in [-0.39, 0.29) is 5.91 Å². The van der Waals surface area contributed by atoms with Gasteiger partial charge in [-0.2, -0.15) is 0 Å². The molecule has 1 N–H and O–H groups in total. The molecular formula is C20H21N3O3S. The molecule has 0 spiro atoms. The molecule has 0 radical (unpaired) electrons. The molecule has 0 saturated carbocycles. The molecule has 1 heterocycles. The molecule has 3 aromatic rings. The molecular weight excluding hydrogens is 362 g/mol. The highest BCUT2D eigenvalue weighted by atomic mass is 32.2. The molecule has 2 unspecified atom stereocenters. The average Bonchev–Trinajstić information content (AvgIpc) is 3.11. The number of nitrogens with zero attached hydrogens (tertiary/aromatic N) is 2. The summed E-state index contributed by atoms with van der Waals surface area (Å²) in [4.78, 5) is 17.9. The molecule has 2 atom stereocenters. The van der Waals surface area contributed by atoms with Gasteiger partial charge in [0.25, 0.3) is 5.91 Å². The minimum atomic E-state index is -1.08. The maximum Gasteiger partial charge on any atom is 0.252 e. The third kappa shape index (κ3) is 4.09. The Labute approximate surface area is 160 Å². The van der Waals surface area contributed by atoms with Crippen molar-refractivity contribution >= 4 is 16.7 Å². The molecule has 0 bridgehead atoms. The van der Waals surface area contributed by atoms with Crippen LogP contribution in [-0.2, 0) is 17.8 Å². The van der Waals surface area contributed by atoms with E-state index in [1.807, 2.05) is 42.1 Å². The Morgan fingerprint density at radius 2 is 1.89 bits per heavy atom. The summed E-state index contributed by atoms with van der Waals surface area (Å²) in [5.74, 6) is 1.11. The van der Waals surface area contributed by atoms with Gasteiger partial charge in [-0.1, -0.05) is 18.2 Å². The van der Waals surface area contributed by atoms with Crippen LogP contribution in [0, 0.1) is 0 Å². The number of rotatable bonds is 6. The maximum atomic E-state index is 12.9. The van der Waals surface area contributed by atoms with Crippen LogP contribution in [0.1, 0.15) is 27.8 Å². The molecule has 0 aliphatic heterocycles. The number of methoxy groups -OCH3 is 1. The van der Waals surface area contributed by atoms with Crippen molar-refractivity contribution in [1.82, 2.24) is 14.9 Å². The number of benzene rings is 2. The first kappa shape index (κ1) is 18.8. The summed E-state index contributed by atoms with van der Waals surface area (Å²) in [7, 11) is 2.39. The quantitative estimate of drug-likeness (QED) is 0.710. The normalized spacial score (nSPS) is 13.0. The van der Waals surface area contributed by atoms with E-state index in [0.717, 1.165) is 5.56 Å². The Balaban J connectivity index is 1.95. The maximum absolute atomic E-state index is 12.9. The second kappa shape index (κ2) is 8.18. The topological polar surface area (TPSA) is 73.2 Å². The summed E-state index contributed by atoms with van der Waals surface area (Å²) in [6, 6.07) is 13.8. The van der Waals surface area contributed by atoms with Crippen LogP contribution in [0.15, 0.2) is 65.8 Å². The Morgan fingerprint density at radius 1 is 1.19 bits per heavy atom. The number of para-hydroxylation sites is 1. The van der Waals surface area contributed by atoms with E-state index >= 15 is 0 Å². The van der Waals surface area contributed by atoms with Crippen LogP contribution in [0.4, 0.5) is 0 Å². The second-order valence-electron chi connectivity index (χ2n) is 6.02. The van der Waals surface area contributed by atoms with Gasteiger partial charge in [-0.3, -0.25) is 9.00 Å². The van der Waals surface area contributed by atoms with E-state index in [1.165, 1.54) is 0 Å².